The number of methoxy groups -OCH3 is 2. The van der Waals surface area contributed by atoms with E-state index in [9.17, 15) is 14.7 Å². The molecule has 0 aromatic heterocycles. The third-order valence-corrected chi connectivity index (χ3v) is 4.20. The summed E-state index contributed by atoms with van der Waals surface area (Å²) in [6.45, 7) is -0.324. The third-order valence-electron chi connectivity index (χ3n) is 3.88. The van der Waals surface area contributed by atoms with Gasteiger partial charge in [0.1, 0.15) is 30.4 Å². The zero-order valence-electron chi connectivity index (χ0n) is 14.6. The van der Waals surface area contributed by atoms with E-state index < -0.39 is 34.7 Å². The zero-order chi connectivity index (χ0) is 20.2. The second kappa shape index (κ2) is 9.05. The maximum absolute atomic E-state index is 12.2. The normalized spacial score (nSPS) is 17.8. The number of carbonyl (C=O) groups excluding carboxylic acids is 2. The average molecular weight is 442 g/mol. The van der Waals surface area contributed by atoms with Crippen LogP contribution in [0.2, 0.25) is 0 Å². The van der Waals surface area contributed by atoms with E-state index in [2.05, 4.69) is 5.32 Å². The number of hydrogen-bond donors (Lipinski definition) is 2. The maximum Gasteiger partial charge on any atom is 0.407 e. The SMILES string of the molecule is COc1ccc(CC(O)N2CC(NC(=O)OCC(Cl)(Cl)Cl)C2=O)c(OC)c1. The highest BCUT2D eigenvalue weighted by Gasteiger charge is 2.42. The van der Waals surface area contributed by atoms with Crippen molar-refractivity contribution in [2.24, 2.45) is 0 Å². The molecule has 1 heterocycles. The molecular formula is C16H19Cl3N2O6. The topological polar surface area (TPSA) is 97.3 Å². The summed E-state index contributed by atoms with van der Waals surface area (Å²) in [5.41, 5.74) is 0.706. The van der Waals surface area contributed by atoms with Crippen molar-refractivity contribution in [3.63, 3.8) is 0 Å². The number of aliphatic hydroxyl groups excluding tert-OH is 1. The van der Waals surface area contributed by atoms with Crippen LogP contribution in [0.25, 0.3) is 0 Å². The number of halogens is 3. The van der Waals surface area contributed by atoms with Crippen molar-refractivity contribution in [3.05, 3.63) is 23.8 Å². The van der Waals surface area contributed by atoms with E-state index in [4.69, 9.17) is 49.0 Å². The summed E-state index contributed by atoms with van der Waals surface area (Å²) in [6.07, 6.45) is -1.80. The van der Waals surface area contributed by atoms with Gasteiger partial charge >= 0.3 is 6.09 Å². The van der Waals surface area contributed by atoms with E-state index in [0.717, 1.165) is 0 Å². The Kier molecular flexibility index (Phi) is 7.27. The highest BCUT2D eigenvalue weighted by atomic mass is 35.6. The molecule has 1 aliphatic heterocycles. The largest absolute Gasteiger partial charge is 0.497 e. The van der Waals surface area contributed by atoms with Crippen LogP contribution in [0, 0.1) is 0 Å². The van der Waals surface area contributed by atoms with E-state index in [1.807, 2.05) is 0 Å². The van der Waals surface area contributed by atoms with E-state index in [1.54, 1.807) is 18.2 Å². The van der Waals surface area contributed by atoms with Gasteiger partial charge in [-0.05, 0) is 11.6 Å². The number of β-lactam (4-membered cyclic amide) rings is 1. The Balaban J connectivity index is 1.87. The molecule has 8 nitrogen and oxygen atoms in total. The Bertz CT molecular complexity index is 697. The number of nitrogens with zero attached hydrogens (tertiary/aromatic N) is 1. The molecule has 11 heteroatoms. The molecule has 27 heavy (non-hydrogen) atoms. The molecule has 1 saturated heterocycles. The van der Waals surface area contributed by atoms with E-state index in [0.29, 0.717) is 17.1 Å². The Morgan fingerprint density at radius 1 is 1.37 bits per heavy atom. The van der Waals surface area contributed by atoms with Crippen molar-refractivity contribution in [2.75, 3.05) is 27.4 Å². The number of likely N-dealkylation sites (tertiary alicyclic amines) is 1. The van der Waals surface area contributed by atoms with E-state index >= 15 is 0 Å². The molecule has 0 radical (unpaired) electrons. The minimum absolute atomic E-state index is 0.126. The standard InChI is InChI=1S/C16H19Cl3N2O6/c1-25-10-4-3-9(12(6-10)26-2)5-13(22)21-7-11(14(21)23)20-15(24)27-8-16(17,18)19/h3-4,6,11,13,22H,5,7-8H2,1-2H3,(H,20,24). The van der Waals surface area contributed by atoms with Gasteiger partial charge in [0.2, 0.25) is 9.70 Å². The average Bonchev–Trinajstić information content (AvgIpc) is 2.62. The van der Waals surface area contributed by atoms with Gasteiger partial charge in [-0.15, -0.1) is 0 Å². The molecular weight excluding hydrogens is 423 g/mol. The number of hydrogen-bond acceptors (Lipinski definition) is 6. The first-order valence-electron chi connectivity index (χ1n) is 7.84. The predicted molar refractivity (Wildman–Crippen MR) is 99.5 cm³/mol. The van der Waals surface area contributed by atoms with Gasteiger partial charge in [0.15, 0.2) is 0 Å². The van der Waals surface area contributed by atoms with Crippen LogP contribution in [0.3, 0.4) is 0 Å². The fourth-order valence-electron chi connectivity index (χ4n) is 2.49. The number of carbonyl (C=O) groups is 2. The quantitative estimate of drug-likeness (QED) is 0.495. The first-order chi connectivity index (χ1) is 12.6. The summed E-state index contributed by atoms with van der Waals surface area (Å²) in [4.78, 5) is 25.0. The first-order valence-corrected chi connectivity index (χ1v) is 8.97. The molecule has 150 valence electrons. The van der Waals surface area contributed by atoms with Crippen molar-refractivity contribution in [1.82, 2.24) is 10.2 Å². The summed E-state index contributed by atoms with van der Waals surface area (Å²) in [5, 5.41) is 12.7. The van der Waals surface area contributed by atoms with Gasteiger partial charge in [0.25, 0.3) is 0 Å². The van der Waals surface area contributed by atoms with Crippen molar-refractivity contribution in [3.8, 4) is 11.5 Å². The number of aliphatic hydroxyl groups is 1. The van der Waals surface area contributed by atoms with Crippen molar-refractivity contribution in [2.45, 2.75) is 22.5 Å². The van der Waals surface area contributed by atoms with Gasteiger partial charge < -0.3 is 29.5 Å². The Morgan fingerprint density at radius 3 is 2.63 bits per heavy atom. The number of ether oxygens (including phenoxy) is 3. The first kappa shape index (κ1) is 21.7. The molecule has 2 atom stereocenters. The lowest BCUT2D eigenvalue weighted by atomic mass is 10.0. The van der Waals surface area contributed by atoms with Crippen molar-refractivity contribution < 1.29 is 28.9 Å². The van der Waals surface area contributed by atoms with Crippen molar-refractivity contribution >= 4 is 46.8 Å². The number of rotatable bonds is 7. The smallest absolute Gasteiger partial charge is 0.407 e. The van der Waals surface area contributed by atoms with Gasteiger partial charge in [-0.2, -0.15) is 0 Å². The molecule has 0 aliphatic carbocycles. The summed E-state index contributed by atoms with van der Waals surface area (Å²) in [5.74, 6) is 0.704. The lowest BCUT2D eigenvalue weighted by Gasteiger charge is -2.41. The summed E-state index contributed by atoms with van der Waals surface area (Å²) in [6, 6.07) is 4.35. The number of alkyl carbamates (subject to hydrolysis) is 1. The van der Waals surface area contributed by atoms with Crippen LogP contribution < -0.4 is 14.8 Å². The van der Waals surface area contributed by atoms with Gasteiger partial charge in [0.05, 0.1) is 20.8 Å². The van der Waals surface area contributed by atoms with Gasteiger partial charge in [-0.3, -0.25) is 4.79 Å². The van der Waals surface area contributed by atoms with Crippen LogP contribution in [0.5, 0.6) is 11.5 Å². The molecule has 1 aliphatic rings. The highest BCUT2D eigenvalue weighted by Crippen LogP contribution is 2.28. The Morgan fingerprint density at radius 2 is 2.07 bits per heavy atom. The van der Waals surface area contributed by atoms with E-state index in [-0.39, 0.29) is 13.0 Å². The Hall–Kier alpha value is -1.61. The van der Waals surface area contributed by atoms with Crippen LogP contribution in [0.4, 0.5) is 4.79 Å². The van der Waals surface area contributed by atoms with Gasteiger partial charge in [-0.1, -0.05) is 40.9 Å². The van der Waals surface area contributed by atoms with Crippen LogP contribution in [-0.2, 0) is 16.0 Å². The van der Waals surface area contributed by atoms with Gasteiger partial charge in [-0.25, -0.2) is 4.79 Å². The monoisotopic (exact) mass is 440 g/mol. The number of nitrogens with one attached hydrogen (secondary N) is 1. The fourth-order valence-corrected chi connectivity index (χ4v) is 2.65. The molecule has 2 rings (SSSR count). The molecule has 0 bridgehead atoms. The summed E-state index contributed by atoms with van der Waals surface area (Å²) in [7, 11) is 3.04. The molecule has 1 aromatic carbocycles. The lowest BCUT2D eigenvalue weighted by Crippen LogP contribution is -2.66. The number of amides is 2. The van der Waals surface area contributed by atoms with Gasteiger partial charge in [0, 0.05) is 12.5 Å². The van der Waals surface area contributed by atoms with Crippen molar-refractivity contribution in [1.29, 1.82) is 0 Å². The predicted octanol–water partition coefficient (Wildman–Crippen LogP) is 1.87. The molecule has 2 amide bonds. The molecule has 1 aromatic rings. The zero-order valence-corrected chi connectivity index (χ0v) is 16.8. The minimum Gasteiger partial charge on any atom is -0.497 e. The maximum atomic E-state index is 12.2. The summed E-state index contributed by atoms with van der Waals surface area (Å²) >= 11 is 16.4. The third kappa shape index (κ3) is 5.93. The molecule has 1 fully saturated rings. The second-order valence-corrected chi connectivity index (χ2v) is 8.26. The molecule has 2 N–H and O–H groups in total. The number of alkyl halides is 3. The Labute approximate surface area is 171 Å². The minimum atomic E-state index is -1.74. The summed E-state index contributed by atoms with van der Waals surface area (Å²) < 4.78 is 13.4. The molecule has 0 saturated carbocycles. The second-order valence-electron chi connectivity index (χ2n) is 5.74. The van der Waals surface area contributed by atoms with Crippen LogP contribution >= 0.6 is 34.8 Å². The number of benzene rings is 1. The van der Waals surface area contributed by atoms with Crippen LogP contribution in [-0.4, -0.2) is 65.4 Å². The molecule has 2 unspecified atom stereocenters. The van der Waals surface area contributed by atoms with E-state index in [1.165, 1.54) is 19.1 Å². The lowest BCUT2D eigenvalue weighted by molar-refractivity contribution is -0.157. The van der Waals surface area contributed by atoms with Crippen LogP contribution in [0.1, 0.15) is 5.56 Å². The highest BCUT2D eigenvalue weighted by molar-refractivity contribution is 6.67. The van der Waals surface area contributed by atoms with Crippen LogP contribution in [0.15, 0.2) is 18.2 Å². The molecule has 0 spiro atoms. The fraction of sp³-hybridized carbons (Fsp3) is 0.500.